The number of hydrogen-bond donors (Lipinski definition) is 1. The fourth-order valence-corrected chi connectivity index (χ4v) is 6.62. The first-order chi connectivity index (χ1) is 20.5. The van der Waals surface area contributed by atoms with Gasteiger partial charge in [-0.2, -0.15) is 0 Å². The van der Waals surface area contributed by atoms with Gasteiger partial charge in [0, 0.05) is 34.9 Å². The Labute approximate surface area is 254 Å². The summed E-state index contributed by atoms with van der Waals surface area (Å²) in [4.78, 5) is 44.5. The van der Waals surface area contributed by atoms with E-state index in [0.29, 0.717) is 59.3 Å². The molecule has 1 fully saturated rings. The average Bonchev–Trinajstić information content (AvgIpc) is 3.61. The Hall–Kier alpha value is -3.75. The molecule has 5 heterocycles. The maximum atomic E-state index is 12.4. The fraction of sp³-hybridized carbons (Fsp3) is 0.357. The predicted octanol–water partition coefficient (Wildman–Crippen LogP) is 3.97. The molecule has 14 heteroatoms. The van der Waals surface area contributed by atoms with E-state index in [1.54, 1.807) is 18.3 Å². The number of nitrogen functional groups attached to an aromatic ring is 1. The molecule has 42 heavy (non-hydrogen) atoms. The van der Waals surface area contributed by atoms with Crippen LogP contribution in [0, 0.1) is 5.92 Å². The standard InChI is InChI=1S/C28H28BrN7O5S/c29-20-10-21-22(40-16-39-21)11-23(20)42-28-34-24-25(30)32-15-33-26(24)36(28)9-5-17-3-7-35(8-4-17)13-19(14-37)41-27(38)18-2-1-6-31-12-18/h1-2,6,10-12,14-15,17,19H,3-5,7-9,13,16H2,(H2,30,32,33)/t19-/m0/s1. The van der Waals surface area contributed by atoms with Gasteiger partial charge in [-0.1, -0.05) is 11.8 Å². The highest BCUT2D eigenvalue weighted by molar-refractivity contribution is 9.10. The Morgan fingerprint density at radius 2 is 2.05 bits per heavy atom. The number of carbonyl (C=O) groups excluding carboxylic acids is 2. The number of fused-ring (bicyclic) bond motifs is 2. The Balaban J connectivity index is 1.09. The zero-order chi connectivity index (χ0) is 29.1. The maximum absolute atomic E-state index is 12.4. The lowest BCUT2D eigenvalue weighted by Crippen LogP contribution is -2.41. The van der Waals surface area contributed by atoms with E-state index in [1.165, 1.54) is 24.3 Å². The van der Waals surface area contributed by atoms with Gasteiger partial charge in [0.15, 0.2) is 46.0 Å². The minimum atomic E-state index is -0.827. The van der Waals surface area contributed by atoms with E-state index in [1.807, 2.05) is 12.1 Å². The van der Waals surface area contributed by atoms with Crippen LogP contribution in [0.15, 0.2) is 57.5 Å². The highest BCUT2D eigenvalue weighted by atomic mass is 79.9. The molecule has 6 rings (SSSR count). The Kier molecular flexibility index (Phi) is 8.53. The molecule has 218 valence electrons. The second kappa shape index (κ2) is 12.6. The molecule has 12 nitrogen and oxygen atoms in total. The molecule has 2 aliphatic rings. The van der Waals surface area contributed by atoms with E-state index in [2.05, 4.69) is 40.3 Å². The quantitative estimate of drug-likeness (QED) is 0.195. The molecule has 2 aliphatic heterocycles. The highest BCUT2D eigenvalue weighted by Gasteiger charge is 2.25. The number of likely N-dealkylation sites (tertiary alicyclic amines) is 1. The van der Waals surface area contributed by atoms with Gasteiger partial charge < -0.3 is 24.5 Å². The summed E-state index contributed by atoms with van der Waals surface area (Å²) in [6.07, 6.45) is 7.17. The fourth-order valence-electron chi connectivity index (χ4n) is 5.11. The number of aryl methyl sites for hydroxylation is 1. The van der Waals surface area contributed by atoms with Crippen molar-refractivity contribution in [2.45, 2.75) is 42.0 Å². The van der Waals surface area contributed by atoms with Crippen LogP contribution in [0.25, 0.3) is 11.2 Å². The van der Waals surface area contributed by atoms with Crippen molar-refractivity contribution in [2.24, 2.45) is 5.92 Å². The first-order valence-electron chi connectivity index (χ1n) is 13.5. The van der Waals surface area contributed by atoms with Crippen LogP contribution in [0.4, 0.5) is 5.82 Å². The normalized spacial score (nSPS) is 16.0. The molecule has 0 radical (unpaired) electrons. The van der Waals surface area contributed by atoms with Gasteiger partial charge in [0.05, 0.1) is 5.56 Å². The van der Waals surface area contributed by atoms with Crippen molar-refractivity contribution in [1.82, 2.24) is 29.4 Å². The molecule has 0 amide bonds. The molecule has 0 unspecified atom stereocenters. The van der Waals surface area contributed by atoms with Crippen LogP contribution in [-0.2, 0) is 16.1 Å². The van der Waals surface area contributed by atoms with Crippen LogP contribution in [0.2, 0.25) is 0 Å². The third-order valence-electron chi connectivity index (χ3n) is 7.37. The maximum Gasteiger partial charge on any atom is 0.340 e. The Morgan fingerprint density at radius 1 is 1.24 bits per heavy atom. The summed E-state index contributed by atoms with van der Waals surface area (Å²) in [6.45, 7) is 2.90. The van der Waals surface area contributed by atoms with Crippen molar-refractivity contribution in [3.05, 3.63) is 53.0 Å². The molecule has 1 saturated heterocycles. The topological polar surface area (TPSA) is 148 Å². The molecule has 2 N–H and O–H groups in total. The second-order valence-electron chi connectivity index (χ2n) is 10.1. The number of aromatic nitrogens is 5. The van der Waals surface area contributed by atoms with Crippen LogP contribution >= 0.6 is 27.7 Å². The number of carbonyl (C=O) groups is 2. The minimum Gasteiger partial charge on any atom is -0.454 e. The van der Waals surface area contributed by atoms with Crippen molar-refractivity contribution in [3.63, 3.8) is 0 Å². The van der Waals surface area contributed by atoms with Crippen molar-refractivity contribution in [3.8, 4) is 11.5 Å². The first-order valence-corrected chi connectivity index (χ1v) is 15.1. The number of nitrogens with two attached hydrogens (primary N) is 1. The molecule has 3 aromatic heterocycles. The number of piperidine rings is 1. The number of esters is 1. The number of rotatable bonds is 10. The number of imidazole rings is 1. The van der Waals surface area contributed by atoms with Crippen molar-refractivity contribution in [2.75, 3.05) is 32.2 Å². The third kappa shape index (κ3) is 6.20. The monoisotopic (exact) mass is 653 g/mol. The van der Waals surface area contributed by atoms with E-state index in [4.69, 9.17) is 24.9 Å². The zero-order valence-corrected chi connectivity index (χ0v) is 24.9. The number of nitrogens with zero attached hydrogens (tertiary/aromatic N) is 6. The highest BCUT2D eigenvalue weighted by Crippen LogP contribution is 2.43. The number of hydrogen-bond acceptors (Lipinski definition) is 12. The van der Waals surface area contributed by atoms with Crippen LogP contribution in [0.5, 0.6) is 11.5 Å². The summed E-state index contributed by atoms with van der Waals surface area (Å²) in [5.41, 5.74) is 7.76. The molecule has 0 saturated carbocycles. The lowest BCUT2D eigenvalue weighted by Gasteiger charge is -2.33. The van der Waals surface area contributed by atoms with Gasteiger partial charge in [-0.3, -0.25) is 14.7 Å². The molecule has 4 aromatic rings. The van der Waals surface area contributed by atoms with Crippen molar-refractivity contribution in [1.29, 1.82) is 0 Å². The Bertz CT molecular complexity index is 1600. The SMILES string of the molecule is Nc1ncnc2c1nc(Sc1cc3c(cc1Br)OCO3)n2CCC1CCN(C[C@@H](C=O)OC(=O)c2cccnc2)CC1. The lowest BCUT2D eigenvalue weighted by atomic mass is 9.93. The summed E-state index contributed by atoms with van der Waals surface area (Å²) < 4.78 is 19.4. The number of anilines is 1. The summed E-state index contributed by atoms with van der Waals surface area (Å²) >= 11 is 5.14. The molecule has 0 spiro atoms. The second-order valence-corrected chi connectivity index (χ2v) is 11.9. The van der Waals surface area contributed by atoms with Gasteiger partial charge in [0.25, 0.3) is 0 Å². The van der Waals surface area contributed by atoms with E-state index >= 15 is 0 Å². The molecule has 0 bridgehead atoms. The van der Waals surface area contributed by atoms with Crippen LogP contribution < -0.4 is 15.2 Å². The van der Waals surface area contributed by atoms with Crippen LogP contribution in [0.1, 0.15) is 29.6 Å². The Morgan fingerprint density at radius 3 is 2.81 bits per heavy atom. The van der Waals surface area contributed by atoms with Gasteiger partial charge in [-0.25, -0.2) is 19.7 Å². The summed E-state index contributed by atoms with van der Waals surface area (Å²) in [6, 6.07) is 7.11. The minimum absolute atomic E-state index is 0.200. The molecular formula is C28H28BrN7O5S. The summed E-state index contributed by atoms with van der Waals surface area (Å²) in [5, 5.41) is 0.762. The summed E-state index contributed by atoms with van der Waals surface area (Å²) in [7, 11) is 0. The van der Waals surface area contributed by atoms with Crippen molar-refractivity contribution >= 4 is 56.9 Å². The van der Waals surface area contributed by atoms with Gasteiger partial charge >= 0.3 is 5.97 Å². The van der Waals surface area contributed by atoms with Crippen molar-refractivity contribution < 1.29 is 23.8 Å². The third-order valence-corrected chi connectivity index (χ3v) is 9.34. The van der Waals surface area contributed by atoms with E-state index in [-0.39, 0.29) is 6.79 Å². The van der Waals surface area contributed by atoms with E-state index in [9.17, 15) is 9.59 Å². The zero-order valence-electron chi connectivity index (χ0n) is 22.5. The van der Waals surface area contributed by atoms with Crippen LogP contribution in [-0.4, -0.2) is 74.2 Å². The number of benzene rings is 1. The number of pyridine rings is 1. The van der Waals surface area contributed by atoms with Gasteiger partial charge in [0.1, 0.15) is 6.33 Å². The largest absolute Gasteiger partial charge is 0.454 e. The lowest BCUT2D eigenvalue weighted by molar-refractivity contribution is -0.116. The van der Waals surface area contributed by atoms with E-state index in [0.717, 1.165) is 46.9 Å². The summed E-state index contributed by atoms with van der Waals surface area (Å²) in [5.74, 6) is 1.66. The molecule has 1 atom stereocenters. The smallest absolute Gasteiger partial charge is 0.340 e. The number of halogens is 1. The van der Waals surface area contributed by atoms with Gasteiger partial charge in [-0.05, 0) is 78.5 Å². The predicted molar refractivity (Wildman–Crippen MR) is 157 cm³/mol. The molecular weight excluding hydrogens is 626 g/mol. The molecule has 1 aromatic carbocycles. The van der Waals surface area contributed by atoms with Crippen LogP contribution in [0.3, 0.4) is 0 Å². The van der Waals surface area contributed by atoms with E-state index < -0.39 is 12.1 Å². The number of ether oxygens (including phenoxy) is 3. The number of aldehydes is 1. The van der Waals surface area contributed by atoms with Gasteiger partial charge in [-0.15, -0.1) is 0 Å². The first kappa shape index (κ1) is 28.4. The molecule has 0 aliphatic carbocycles. The van der Waals surface area contributed by atoms with Gasteiger partial charge in [0.2, 0.25) is 6.79 Å². The average molecular weight is 655 g/mol.